The molecule has 6 nitrogen and oxygen atoms in total. The van der Waals surface area contributed by atoms with Gasteiger partial charge in [-0.3, -0.25) is 4.99 Å². The monoisotopic (exact) mass is 391 g/mol. The van der Waals surface area contributed by atoms with E-state index in [0.717, 1.165) is 24.1 Å². The molecule has 6 heteroatoms. The Morgan fingerprint density at radius 2 is 1.86 bits per heavy atom. The number of benzene rings is 2. The van der Waals surface area contributed by atoms with Crippen LogP contribution in [0.25, 0.3) is 0 Å². The van der Waals surface area contributed by atoms with Crippen molar-refractivity contribution in [3.05, 3.63) is 83.4 Å². The van der Waals surface area contributed by atoms with E-state index in [4.69, 9.17) is 4.74 Å². The summed E-state index contributed by atoms with van der Waals surface area (Å²) in [5, 5.41) is 6.63. The van der Waals surface area contributed by atoms with Crippen LogP contribution in [0.5, 0.6) is 5.75 Å². The minimum Gasteiger partial charge on any atom is -0.492 e. The largest absolute Gasteiger partial charge is 0.492 e. The van der Waals surface area contributed by atoms with Crippen molar-refractivity contribution in [2.75, 3.05) is 20.2 Å². The van der Waals surface area contributed by atoms with Crippen LogP contribution < -0.4 is 15.4 Å². The van der Waals surface area contributed by atoms with Crippen molar-refractivity contribution in [3.63, 3.8) is 0 Å². The molecule has 0 bridgehead atoms. The van der Waals surface area contributed by atoms with Crippen LogP contribution in [-0.2, 0) is 13.1 Å². The molecule has 0 radical (unpaired) electrons. The molecule has 3 aromatic rings. The van der Waals surface area contributed by atoms with Crippen LogP contribution in [0.3, 0.4) is 0 Å². The topological polar surface area (TPSA) is 63.5 Å². The molecule has 0 aliphatic rings. The first-order valence-electron chi connectivity index (χ1n) is 9.83. The Labute approximate surface area is 172 Å². The van der Waals surface area contributed by atoms with Gasteiger partial charge in [0, 0.05) is 32.5 Å². The van der Waals surface area contributed by atoms with Crippen LogP contribution in [0.15, 0.2) is 65.9 Å². The van der Waals surface area contributed by atoms with Crippen molar-refractivity contribution in [1.82, 2.24) is 20.2 Å². The number of nitrogens with zero attached hydrogens (tertiary/aromatic N) is 3. The van der Waals surface area contributed by atoms with Gasteiger partial charge in [-0.15, -0.1) is 0 Å². The van der Waals surface area contributed by atoms with Crippen LogP contribution >= 0.6 is 0 Å². The molecule has 0 unspecified atom stereocenters. The molecule has 1 heterocycles. The summed E-state index contributed by atoms with van der Waals surface area (Å²) in [6, 6.07) is 16.6. The normalized spacial score (nSPS) is 11.3. The molecule has 0 fully saturated rings. The predicted octanol–water partition coefficient (Wildman–Crippen LogP) is 3.29. The van der Waals surface area contributed by atoms with Crippen LogP contribution in [0, 0.1) is 13.8 Å². The van der Waals surface area contributed by atoms with E-state index in [0.29, 0.717) is 19.7 Å². The molecule has 0 amide bonds. The summed E-state index contributed by atoms with van der Waals surface area (Å²) in [6.07, 6.45) is 3.84. The summed E-state index contributed by atoms with van der Waals surface area (Å²) >= 11 is 0. The maximum Gasteiger partial charge on any atom is 0.191 e. The third-order valence-electron chi connectivity index (χ3n) is 4.64. The molecule has 2 N–H and O–H groups in total. The molecular weight excluding hydrogens is 362 g/mol. The van der Waals surface area contributed by atoms with E-state index < -0.39 is 0 Å². The maximum atomic E-state index is 5.74. The first-order valence-corrected chi connectivity index (χ1v) is 9.83. The summed E-state index contributed by atoms with van der Waals surface area (Å²) in [6.45, 7) is 6.86. The smallest absolute Gasteiger partial charge is 0.191 e. The zero-order valence-electron chi connectivity index (χ0n) is 17.4. The van der Waals surface area contributed by atoms with Gasteiger partial charge in [-0.1, -0.05) is 42.0 Å². The van der Waals surface area contributed by atoms with Crippen LogP contribution in [-0.4, -0.2) is 35.7 Å². The molecule has 0 atom stereocenters. The highest BCUT2D eigenvalue weighted by molar-refractivity contribution is 5.79. The summed E-state index contributed by atoms with van der Waals surface area (Å²) in [4.78, 5) is 8.56. The summed E-state index contributed by atoms with van der Waals surface area (Å²) in [7, 11) is 1.77. The highest BCUT2D eigenvalue weighted by Gasteiger charge is 2.02. The Kier molecular flexibility index (Phi) is 7.28. The molecule has 1 aromatic heterocycles. The molecule has 3 rings (SSSR count). The Bertz CT molecular complexity index is 930. The van der Waals surface area contributed by atoms with Gasteiger partial charge >= 0.3 is 0 Å². The minimum absolute atomic E-state index is 0.573. The van der Waals surface area contributed by atoms with Crippen LogP contribution in [0.1, 0.15) is 22.5 Å². The molecule has 0 saturated heterocycles. The fourth-order valence-electron chi connectivity index (χ4n) is 2.98. The molecular formula is C23H29N5O. The van der Waals surface area contributed by atoms with Crippen LogP contribution in [0.4, 0.5) is 0 Å². The number of ether oxygens (including phenoxy) is 1. The number of guanidine groups is 1. The molecule has 0 saturated carbocycles. The van der Waals surface area contributed by atoms with Crippen molar-refractivity contribution in [2.24, 2.45) is 4.99 Å². The SMILES string of the molecule is CN=C(NCCOc1ccc(C)cc1)NCc1cccc(Cn2ccnc2C)c1. The highest BCUT2D eigenvalue weighted by atomic mass is 16.5. The summed E-state index contributed by atoms with van der Waals surface area (Å²) < 4.78 is 7.88. The zero-order valence-corrected chi connectivity index (χ0v) is 17.4. The Morgan fingerprint density at radius 1 is 1.07 bits per heavy atom. The number of aromatic nitrogens is 2. The van der Waals surface area contributed by atoms with E-state index in [-0.39, 0.29) is 0 Å². The van der Waals surface area contributed by atoms with E-state index in [1.165, 1.54) is 16.7 Å². The average molecular weight is 392 g/mol. The first kappa shape index (κ1) is 20.5. The lowest BCUT2D eigenvalue weighted by molar-refractivity contribution is 0.322. The molecule has 29 heavy (non-hydrogen) atoms. The van der Waals surface area contributed by atoms with E-state index in [2.05, 4.69) is 56.4 Å². The number of hydrogen-bond acceptors (Lipinski definition) is 3. The van der Waals surface area contributed by atoms with Crippen molar-refractivity contribution in [3.8, 4) is 5.75 Å². The van der Waals surface area contributed by atoms with E-state index in [1.54, 1.807) is 7.05 Å². The van der Waals surface area contributed by atoms with Gasteiger partial charge in [-0.2, -0.15) is 0 Å². The summed E-state index contributed by atoms with van der Waals surface area (Å²) in [5.74, 6) is 2.66. The molecule has 0 aliphatic carbocycles. The lowest BCUT2D eigenvalue weighted by atomic mass is 10.1. The summed E-state index contributed by atoms with van der Waals surface area (Å²) in [5.41, 5.74) is 3.68. The van der Waals surface area contributed by atoms with Gasteiger partial charge < -0.3 is 19.9 Å². The number of nitrogens with one attached hydrogen (secondary N) is 2. The van der Waals surface area contributed by atoms with E-state index >= 15 is 0 Å². The standard InChI is InChI=1S/C23H29N5O/c1-18-7-9-22(10-8-18)29-14-12-26-23(24-3)27-16-20-5-4-6-21(15-20)17-28-13-11-25-19(28)2/h4-11,13,15H,12,14,16-17H2,1-3H3,(H2,24,26,27). The van der Waals surface area contributed by atoms with Gasteiger partial charge in [-0.05, 0) is 37.1 Å². The molecule has 0 aliphatic heterocycles. The van der Waals surface area contributed by atoms with Gasteiger partial charge in [0.05, 0.1) is 6.54 Å². The number of imidazole rings is 1. The Morgan fingerprint density at radius 3 is 2.59 bits per heavy atom. The zero-order chi connectivity index (χ0) is 20.5. The lowest BCUT2D eigenvalue weighted by Crippen LogP contribution is -2.38. The second-order valence-corrected chi connectivity index (χ2v) is 6.94. The molecule has 0 spiro atoms. The van der Waals surface area contributed by atoms with Crippen LogP contribution in [0.2, 0.25) is 0 Å². The van der Waals surface area contributed by atoms with Gasteiger partial charge in [0.25, 0.3) is 0 Å². The Balaban J connectivity index is 1.43. The third-order valence-corrected chi connectivity index (χ3v) is 4.64. The predicted molar refractivity (Wildman–Crippen MR) is 117 cm³/mol. The van der Waals surface area contributed by atoms with Crippen molar-refractivity contribution >= 4 is 5.96 Å². The quantitative estimate of drug-likeness (QED) is 0.351. The number of aryl methyl sites for hydroxylation is 2. The van der Waals surface area contributed by atoms with Crippen molar-refractivity contribution in [1.29, 1.82) is 0 Å². The average Bonchev–Trinajstić information content (AvgIpc) is 3.13. The Hall–Kier alpha value is -3.28. The van der Waals surface area contributed by atoms with Gasteiger partial charge in [0.15, 0.2) is 5.96 Å². The van der Waals surface area contributed by atoms with Gasteiger partial charge in [-0.25, -0.2) is 4.98 Å². The lowest BCUT2D eigenvalue weighted by Gasteiger charge is -2.13. The fraction of sp³-hybridized carbons (Fsp3) is 0.304. The first-order chi connectivity index (χ1) is 14.1. The molecule has 152 valence electrons. The van der Waals surface area contributed by atoms with Gasteiger partial charge in [0.2, 0.25) is 0 Å². The molecule has 2 aromatic carbocycles. The fourth-order valence-corrected chi connectivity index (χ4v) is 2.98. The highest BCUT2D eigenvalue weighted by Crippen LogP contribution is 2.11. The van der Waals surface area contributed by atoms with Crippen molar-refractivity contribution < 1.29 is 4.74 Å². The second kappa shape index (κ2) is 10.3. The number of aliphatic imine (C=N–C) groups is 1. The van der Waals surface area contributed by atoms with Gasteiger partial charge in [0.1, 0.15) is 18.2 Å². The van der Waals surface area contributed by atoms with E-state index in [9.17, 15) is 0 Å². The number of hydrogen-bond donors (Lipinski definition) is 2. The van der Waals surface area contributed by atoms with Crippen molar-refractivity contribution in [2.45, 2.75) is 26.9 Å². The number of rotatable bonds is 8. The minimum atomic E-state index is 0.573. The third kappa shape index (κ3) is 6.38. The van der Waals surface area contributed by atoms with E-state index in [1.807, 2.05) is 43.6 Å². The second-order valence-electron chi connectivity index (χ2n) is 6.94. The maximum absolute atomic E-state index is 5.74.